The van der Waals surface area contributed by atoms with Crippen molar-refractivity contribution in [1.29, 1.82) is 0 Å². The number of rotatable bonds is 3. The monoisotopic (exact) mass is 373 g/mol. The number of aliphatic imine (C=N–C) groups is 1. The third-order valence-electron chi connectivity index (χ3n) is 8.09. The number of allylic oxidation sites excluding steroid dienone is 2. The summed E-state index contributed by atoms with van der Waals surface area (Å²) in [5.41, 5.74) is 8.00. The van der Waals surface area contributed by atoms with Gasteiger partial charge in [0.1, 0.15) is 0 Å². The van der Waals surface area contributed by atoms with Crippen molar-refractivity contribution in [1.82, 2.24) is 4.90 Å². The van der Waals surface area contributed by atoms with E-state index in [1.165, 1.54) is 18.4 Å². The van der Waals surface area contributed by atoms with Crippen LogP contribution in [0.4, 0.5) is 0 Å². The molecule has 27 heavy (non-hydrogen) atoms. The molecule has 6 heteroatoms. The number of nitrogens with zero attached hydrogens (tertiary/aromatic N) is 2. The SMILES string of the molecule is CN=C(N)N1C=CC[C@@]2(C1)[C@@H]1CC[C@@H](C)[C@]23C[C@H](COC)C(C(=O)O)=C3C1. The molecular weight excluding hydrogens is 342 g/mol. The minimum Gasteiger partial charge on any atom is -0.478 e. The lowest BCUT2D eigenvalue weighted by molar-refractivity contribution is -0.133. The molecule has 5 atom stereocenters. The molecule has 148 valence electrons. The van der Waals surface area contributed by atoms with Crippen LogP contribution in [0.25, 0.3) is 0 Å². The zero-order chi connectivity index (χ0) is 19.4. The Morgan fingerprint density at radius 3 is 2.93 bits per heavy atom. The lowest BCUT2D eigenvalue weighted by atomic mass is 9.49. The summed E-state index contributed by atoms with van der Waals surface area (Å²) in [6.45, 7) is 3.65. The van der Waals surface area contributed by atoms with Gasteiger partial charge in [0.15, 0.2) is 5.96 Å². The second-order valence-corrected chi connectivity index (χ2v) is 8.86. The molecule has 0 aromatic carbocycles. The predicted molar refractivity (Wildman–Crippen MR) is 104 cm³/mol. The van der Waals surface area contributed by atoms with Crippen LogP contribution in [-0.2, 0) is 9.53 Å². The van der Waals surface area contributed by atoms with E-state index in [0.29, 0.717) is 30.0 Å². The molecule has 3 aliphatic carbocycles. The largest absolute Gasteiger partial charge is 0.478 e. The quantitative estimate of drug-likeness (QED) is 0.586. The van der Waals surface area contributed by atoms with E-state index in [0.717, 1.165) is 25.8 Å². The smallest absolute Gasteiger partial charge is 0.331 e. The first-order chi connectivity index (χ1) is 12.9. The van der Waals surface area contributed by atoms with Gasteiger partial charge in [-0.2, -0.15) is 0 Å². The number of carboxylic acid groups (broad SMARTS) is 1. The summed E-state index contributed by atoms with van der Waals surface area (Å²) in [5.74, 6) is 0.748. The molecule has 0 unspecified atom stereocenters. The molecule has 3 N–H and O–H groups in total. The van der Waals surface area contributed by atoms with E-state index in [2.05, 4.69) is 22.9 Å². The van der Waals surface area contributed by atoms with Crippen molar-refractivity contribution >= 4 is 11.9 Å². The lowest BCUT2D eigenvalue weighted by Gasteiger charge is -2.57. The molecule has 2 spiro atoms. The van der Waals surface area contributed by atoms with Crippen molar-refractivity contribution in [3.63, 3.8) is 0 Å². The van der Waals surface area contributed by atoms with Gasteiger partial charge in [0.05, 0.1) is 6.61 Å². The van der Waals surface area contributed by atoms with Gasteiger partial charge in [-0.1, -0.05) is 18.6 Å². The van der Waals surface area contributed by atoms with E-state index < -0.39 is 5.97 Å². The van der Waals surface area contributed by atoms with Crippen LogP contribution in [-0.4, -0.2) is 49.2 Å². The summed E-state index contributed by atoms with van der Waals surface area (Å²) in [6, 6.07) is 0. The Morgan fingerprint density at radius 2 is 2.26 bits per heavy atom. The summed E-state index contributed by atoms with van der Waals surface area (Å²) < 4.78 is 5.43. The van der Waals surface area contributed by atoms with Gasteiger partial charge in [-0.15, -0.1) is 0 Å². The average molecular weight is 373 g/mol. The molecule has 1 aliphatic heterocycles. The molecule has 4 rings (SSSR count). The number of guanidine groups is 1. The first kappa shape index (κ1) is 18.5. The van der Waals surface area contributed by atoms with Crippen molar-refractivity contribution in [2.45, 2.75) is 39.0 Å². The van der Waals surface area contributed by atoms with Crippen molar-refractivity contribution in [2.24, 2.45) is 39.3 Å². The molecule has 2 fully saturated rings. The number of aliphatic carboxylic acids is 1. The van der Waals surface area contributed by atoms with Crippen LogP contribution in [0.2, 0.25) is 0 Å². The number of hydrogen-bond donors (Lipinski definition) is 2. The highest BCUT2D eigenvalue weighted by Gasteiger charge is 2.70. The number of carboxylic acids is 1. The second kappa shape index (κ2) is 6.36. The fourth-order valence-electron chi connectivity index (χ4n) is 7.13. The normalized spacial score (nSPS) is 40.8. The Hall–Kier alpha value is -1.82. The Bertz CT molecular complexity index is 743. The molecule has 6 nitrogen and oxygen atoms in total. The van der Waals surface area contributed by atoms with Gasteiger partial charge in [-0.05, 0) is 43.9 Å². The number of carbonyl (C=O) groups is 1. The Morgan fingerprint density at radius 1 is 1.48 bits per heavy atom. The van der Waals surface area contributed by atoms with E-state index in [1.54, 1.807) is 14.2 Å². The maximum absolute atomic E-state index is 12.2. The first-order valence-electron chi connectivity index (χ1n) is 10.0. The van der Waals surface area contributed by atoms with Gasteiger partial charge >= 0.3 is 5.97 Å². The molecule has 1 heterocycles. The summed E-state index contributed by atoms with van der Waals surface area (Å²) >= 11 is 0. The van der Waals surface area contributed by atoms with Gasteiger partial charge in [0.25, 0.3) is 0 Å². The molecule has 0 aromatic rings. The Labute approximate surface area is 161 Å². The van der Waals surface area contributed by atoms with Crippen LogP contribution in [0.3, 0.4) is 0 Å². The van der Waals surface area contributed by atoms with Crippen molar-refractivity contribution in [3.8, 4) is 0 Å². The average Bonchev–Trinajstić information content (AvgIpc) is 3.04. The highest BCUT2D eigenvalue weighted by Crippen LogP contribution is 2.75. The molecular formula is C21H31N3O3. The van der Waals surface area contributed by atoms with Crippen LogP contribution in [0.5, 0.6) is 0 Å². The summed E-state index contributed by atoms with van der Waals surface area (Å²) in [7, 11) is 3.39. The maximum atomic E-state index is 12.2. The van der Waals surface area contributed by atoms with Crippen molar-refractivity contribution in [3.05, 3.63) is 23.4 Å². The molecule has 0 aromatic heterocycles. The van der Waals surface area contributed by atoms with E-state index >= 15 is 0 Å². The highest BCUT2D eigenvalue weighted by molar-refractivity contribution is 5.90. The molecule has 0 saturated heterocycles. The van der Waals surface area contributed by atoms with E-state index in [1.807, 2.05) is 6.20 Å². The fourth-order valence-corrected chi connectivity index (χ4v) is 7.13. The molecule has 0 amide bonds. The summed E-state index contributed by atoms with van der Waals surface area (Å²) in [5, 5.41) is 10.0. The topological polar surface area (TPSA) is 88.1 Å². The van der Waals surface area contributed by atoms with Gasteiger partial charge in [-0.25, -0.2) is 4.79 Å². The van der Waals surface area contributed by atoms with Crippen molar-refractivity contribution < 1.29 is 14.6 Å². The molecule has 0 radical (unpaired) electrons. The fraction of sp³-hybridized carbons (Fsp3) is 0.714. The van der Waals surface area contributed by atoms with Crippen LogP contribution >= 0.6 is 0 Å². The van der Waals surface area contributed by atoms with Gasteiger partial charge in [-0.3, -0.25) is 4.99 Å². The Kier molecular flexibility index (Phi) is 4.37. The van der Waals surface area contributed by atoms with Gasteiger partial charge in [0.2, 0.25) is 0 Å². The molecule has 2 saturated carbocycles. The van der Waals surface area contributed by atoms with Crippen LogP contribution in [0.15, 0.2) is 28.4 Å². The minimum absolute atomic E-state index is 0.0163. The standard InChI is InChI=1S/C21H31N3O3/c1-13-5-6-15-9-16-17(18(25)26)14(11-27-3)10-21(13,16)20(15)7-4-8-24(12-20)19(22)23-2/h4,8,13-15H,5-7,9-12H2,1-3H3,(H2,22,23)(H,25,26)/t13-,14-,15-,20-,21+/m1/s1. The third-order valence-corrected chi connectivity index (χ3v) is 8.09. The number of ether oxygens (including phenoxy) is 1. The first-order valence-corrected chi connectivity index (χ1v) is 10.0. The van der Waals surface area contributed by atoms with Gasteiger partial charge in [0, 0.05) is 49.2 Å². The van der Waals surface area contributed by atoms with E-state index in [9.17, 15) is 9.90 Å². The summed E-state index contributed by atoms with van der Waals surface area (Å²) in [6.07, 6.45) is 9.40. The van der Waals surface area contributed by atoms with E-state index in [4.69, 9.17) is 10.5 Å². The zero-order valence-corrected chi connectivity index (χ0v) is 16.6. The Balaban J connectivity index is 1.86. The lowest BCUT2D eigenvalue weighted by Crippen LogP contribution is -2.56. The van der Waals surface area contributed by atoms with Gasteiger partial charge < -0.3 is 20.5 Å². The maximum Gasteiger partial charge on any atom is 0.331 e. The predicted octanol–water partition coefficient (Wildman–Crippen LogP) is 2.62. The molecule has 2 bridgehead atoms. The number of nitrogens with two attached hydrogens (primary N) is 1. The van der Waals surface area contributed by atoms with Crippen LogP contribution in [0.1, 0.15) is 39.0 Å². The second-order valence-electron chi connectivity index (χ2n) is 8.86. The zero-order valence-electron chi connectivity index (χ0n) is 16.6. The number of methoxy groups -OCH3 is 1. The molecule has 4 aliphatic rings. The highest BCUT2D eigenvalue weighted by atomic mass is 16.5. The summed E-state index contributed by atoms with van der Waals surface area (Å²) in [4.78, 5) is 18.5. The third kappa shape index (κ3) is 2.28. The van der Waals surface area contributed by atoms with Crippen LogP contribution < -0.4 is 5.73 Å². The van der Waals surface area contributed by atoms with E-state index in [-0.39, 0.29) is 16.7 Å². The van der Waals surface area contributed by atoms with Crippen LogP contribution in [0, 0.1) is 28.6 Å². The number of hydrogen-bond acceptors (Lipinski definition) is 3. The minimum atomic E-state index is -0.753. The van der Waals surface area contributed by atoms with Crippen molar-refractivity contribution in [2.75, 3.05) is 27.3 Å².